The summed E-state index contributed by atoms with van der Waals surface area (Å²) in [6.45, 7) is 0.340. The highest BCUT2D eigenvalue weighted by Crippen LogP contribution is 2.33. The summed E-state index contributed by atoms with van der Waals surface area (Å²) in [6.07, 6.45) is -1.48. The summed E-state index contributed by atoms with van der Waals surface area (Å²) in [5.41, 5.74) is 1.10. The van der Waals surface area contributed by atoms with Gasteiger partial charge in [-0.3, -0.25) is 0 Å². The molecule has 1 aromatic carbocycles. The molecule has 0 radical (unpaired) electrons. The van der Waals surface area contributed by atoms with Crippen LogP contribution in [0.15, 0.2) is 35.2 Å². The van der Waals surface area contributed by atoms with Gasteiger partial charge in [-0.2, -0.15) is 0 Å². The number of nitrogens with one attached hydrogen (secondary N) is 1. The normalized spacial score (nSPS) is 11.4. The second kappa shape index (κ2) is 5.74. The highest BCUT2D eigenvalue weighted by molar-refractivity contribution is 9.10. The minimum atomic E-state index is -4.73. The number of halogens is 4. The van der Waals surface area contributed by atoms with E-state index in [1.807, 2.05) is 0 Å². The molecule has 2 aromatic rings. The Labute approximate surface area is 121 Å². The minimum Gasteiger partial charge on any atom is -0.404 e. The van der Waals surface area contributed by atoms with Crippen molar-refractivity contribution in [3.05, 3.63) is 40.9 Å². The monoisotopic (exact) mass is 349 g/mol. The molecule has 20 heavy (non-hydrogen) atoms. The van der Waals surface area contributed by atoms with Gasteiger partial charge in [-0.15, -0.1) is 13.2 Å². The molecule has 0 bridgehead atoms. The molecular weight excluding hydrogens is 339 g/mol. The fourth-order valence-electron chi connectivity index (χ4n) is 1.59. The molecule has 1 N–H and O–H groups in total. The smallest absolute Gasteiger partial charge is 0.404 e. The van der Waals surface area contributed by atoms with Crippen LogP contribution in [0.25, 0.3) is 0 Å². The summed E-state index contributed by atoms with van der Waals surface area (Å²) in [4.78, 5) is 3.93. The zero-order chi connectivity index (χ0) is 14.8. The van der Waals surface area contributed by atoms with Crippen LogP contribution in [0.1, 0.15) is 5.69 Å². The van der Waals surface area contributed by atoms with E-state index in [-0.39, 0.29) is 11.4 Å². The first-order chi connectivity index (χ1) is 9.35. The fraction of sp³-hybridized carbons (Fsp3) is 0.250. The van der Waals surface area contributed by atoms with Crippen molar-refractivity contribution in [2.24, 2.45) is 7.05 Å². The van der Waals surface area contributed by atoms with Crippen LogP contribution in [0.5, 0.6) is 5.75 Å². The number of imidazole rings is 1. The summed E-state index contributed by atoms with van der Waals surface area (Å²) in [7, 11) is 1.80. The van der Waals surface area contributed by atoms with Crippen LogP contribution in [0.3, 0.4) is 0 Å². The Hall–Kier alpha value is -1.70. The maximum atomic E-state index is 12.4. The SMILES string of the molecule is Cn1cncc1CNc1ccc(Br)cc1OC(F)(F)F. The average molecular weight is 350 g/mol. The standard InChI is InChI=1S/C12H11BrF3N3O/c1-19-7-17-5-9(19)6-18-10-3-2-8(13)4-11(10)20-12(14,15)16/h2-5,7,18H,6H2,1H3. The first kappa shape index (κ1) is 14.7. The second-order valence-corrected chi connectivity index (χ2v) is 4.95. The quantitative estimate of drug-likeness (QED) is 0.914. The van der Waals surface area contributed by atoms with Gasteiger partial charge in [-0.1, -0.05) is 15.9 Å². The molecule has 1 aromatic heterocycles. The average Bonchev–Trinajstić information content (AvgIpc) is 2.72. The Balaban J connectivity index is 2.16. The lowest BCUT2D eigenvalue weighted by Crippen LogP contribution is -2.18. The topological polar surface area (TPSA) is 39.1 Å². The number of rotatable bonds is 4. The third-order valence-corrected chi connectivity index (χ3v) is 3.04. The molecule has 0 amide bonds. The van der Waals surface area contributed by atoms with E-state index in [0.717, 1.165) is 5.69 Å². The van der Waals surface area contributed by atoms with Gasteiger partial charge in [-0.25, -0.2) is 4.98 Å². The van der Waals surface area contributed by atoms with Gasteiger partial charge in [-0.05, 0) is 18.2 Å². The van der Waals surface area contributed by atoms with Crippen molar-refractivity contribution in [3.63, 3.8) is 0 Å². The van der Waals surface area contributed by atoms with Crippen molar-refractivity contribution in [2.45, 2.75) is 12.9 Å². The molecule has 0 saturated carbocycles. The molecule has 0 fully saturated rings. The molecule has 1 heterocycles. The van der Waals surface area contributed by atoms with Gasteiger partial charge < -0.3 is 14.6 Å². The van der Waals surface area contributed by atoms with Gasteiger partial charge in [0.15, 0.2) is 5.75 Å². The zero-order valence-electron chi connectivity index (χ0n) is 10.4. The lowest BCUT2D eigenvalue weighted by atomic mass is 10.3. The molecule has 0 unspecified atom stereocenters. The second-order valence-electron chi connectivity index (χ2n) is 4.04. The number of alkyl halides is 3. The number of nitrogens with zero attached hydrogens (tertiary/aromatic N) is 2. The van der Waals surface area contributed by atoms with Crippen molar-refractivity contribution in [3.8, 4) is 5.75 Å². The molecule has 0 spiro atoms. The van der Waals surface area contributed by atoms with Crippen LogP contribution in [-0.2, 0) is 13.6 Å². The Morgan fingerprint density at radius 1 is 1.40 bits per heavy atom. The molecule has 8 heteroatoms. The number of aryl methyl sites for hydroxylation is 1. The maximum Gasteiger partial charge on any atom is 0.573 e. The van der Waals surface area contributed by atoms with Crippen molar-refractivity contribution >= 4 is 21.6 Å². The van der Waals surface area contributed by atoms with Crippen molar-refractivity contribution in [2.75, 3.05) is 5.32 Å². The van der Waals surface area contributed by atoms with Crippen LogP contribution in [0, 0.1) is 0 Å². The maximum absolute atomic E-state index is 12.4. The van der Waals surface area contributed by atoms with E-state index >= 15 is 0 Å². The predicted octanol–water partition coefficient (Wildman–Crippen LogP) is 3.69. The Morgan fingerprint density at radius 3 is 2.75 bits per heavy atom. The molecule has 2 rings (SSSR count). The summed E-state index contributed by atoms with van der Waals surface area (Å²) < 4.78 is 43.3. The molecule has 108 valence electrons. The minimum absolute atomic E-state index is 0.256. The summed E-state index contributed by atoms with van der Waals surface area (Å²) >= 11 is 3.12. The highest BCUT2D eigenvalue weighted by atomic mass is 79.9. The summed E-state index contributed by atoms with van der Waals surface area (Å²) in [5, 5.41) is 2.90. The fourth-order valence-corrected chi connectivity index (χ4v) is 1.93. The molecule has 0 atom stereocenters. The highest BCUT2D eigenvalue weighted by Gasteiger charge is 2.32. The van der Waals surface area contributed by atoms with Gasteiger partial charge >= 0.3 is 6.36 Å². The number of hydrogen-bond acceptors (Lipinski definition) is 3. The predicted molar refractivity (Wildman–Crippen MR) is 71.4 cm³/mol. The van der Waals surface area contributed by atoms with E-state index in [0.29, 0.717) is 11.0 Å². The van der Waals surface area contributed by atoms with Crippen molar-refractivity contribution in [1.29, 1.82) is 0 Å². The van der Waals surface area contributed by atoms with E-state index in [1.165, 1.54) is 12.1 Å². The first-order valence-electron chi connectivity index (χ1n) is 5.59. The largest absolute Gasteiger partial charge is 0.573 e. The molecule has 0 aliphatic carbocycles. The van der Waals surface area contributed by atoms with Gasteiger partial charge in [0.05, 0.1) is 24.3 Å². The van der Waals surface area contributed by atoms with Crippen molar-refractivity contribution < 1.29 is 17.9 Å². The van der Waals surface area contributed by atoms with Crippen LogP contribution >= 0.6 is 15.9 Å². The van der Waals surface area contributed by atoms with Gasteiger partial charge in [0.2, 0.25) is 0 Å². The number of aromatic nitrogens is 2. The van der Waals surface area contributed by atoms with Crippen molar-refractivity contribution in [1.82, 2.24) is 9.55 Å². The lowest BCUT2D eigenvalue weighted by molar-refractivity contribution is -0.274. The molecule has 0 aliphatic rings. The van der Waals surface area contributed by atoms with Crippen LogP contribution < -0.4 is 10.1 Å². The molecule has 0 saturated heterocycles. The Kier molecular flexibility index (Phi) is 4.22. The molecule has 4 nitrogen and oxygen atoms in total. The summed E-state index contributed by atoms with van der Waals surface area (Å²) in [6, 6.07) is 4.41. The summed E-state index contributed by atoms with van der Waals surface area (Å²) in [5.74, 6) is -0.283. The van der Waals surface area contributed by atoms with Crippen LogP contribution in [0.2, 0.25) is 0 Å². The Bertz CT molecular complexity index is 598. The molecule has 0 aliphatic heterocycles. The van der Waals surface area contributed by atoms with E-state index < -0.39 is 6.36 Å². The van der Waals surface area contributed by atoms with Gasteiger partial charge in [0.25, 0.3) is 0 Å². The van der Waals surface area contributed by atoms with E-state index in [9.17, 15) is 13.2 Å². The van der Waals surface area contributed by atoms with Gasteiger partial charge in [0, 0.05) is 17.7 Å². The molecular formula is C12H11BrF3N3O. The Morgan fingerprint density at radius 2 is 2.15 bits per heavy atom. The lowest BCUT2D eigenvalue weighted by Gasteiger charge is -2.15. The number of ether oxygens (including phenoxy) is 1. The number of hydrogen-bond donors (Lipinski definition) is 1. The van der Waals surface area contributed by atoms with E-state index in [4.69, 9.17) is 0 Å². The third-order valence-electron chi connectivity index (χ3n) is 2.55. The number of anilines is 1. The van der Waals surface area contributed by atoms with E-state index in [2.05, 4.69) is 31.0 Å². The third kappa shape index (κ3) is 3.89. The number of benzene rings is 1. The van der Waals surface area contributed by atoms with E-state index in [1.54, 1.807) is 30.2 Å². The van der Waals surface area contributed by atoms with Crippen LogP contribution in [0.4, 0.5) is 18.9 Å². The van der Waals surface area contributed by atoms with Crippen LogP contribution in [-0.4, -0.2) is 15.9 Å². The zero-order valence-corrected chi connectivity index (χ0v) is 12.0. The van der Waals surface area contributed by atoms with Gasteiger partial charge in [0.1, 0.15) is 0 Å². The first-order valence-corrected chi connectivity index (χ1v) is 6.39.